The number of hydrogen-bond acceptors (Lipinski definition) is 3. The molecule has 0 bridgehead atoms. The van der Waals surface area contributed by atoms with Gasteiger partial charge in [0.15, 0.2) is 0 Å². The van der Waals surface area contributed by atoms with E-state index in [1.54, 1.807) is 6.07 Å². The Morgan fingerprint density at radius 3 is 2.05 bits per heavy atom. The summed E-state index contributed by atoms with van der Waals surface area (Å²) in [4.78, 5) is 10.5. The van der Waals surface area contributed by atoms with E-state index >= 15 is 0 Å². The van der Waals surface area contributed by atoms with Crippen molar-refractivity contribution in [3.63, 3.8) is 0 Å². The highest BCUT2D eigenvalue weighted by atomic mass is 127. The fourth-order valence-corrected chi connectivity index (χ4v) is 1.51. The van der Waals surface area contributed by atoms with Crippen LogP contribution in [0.2, 0.25) is 0 Å². The molecule has 20 heavy (non-hydrogen) atoms. The zero-order chi connectivity index (χ0) is 15.2. The van der Waals surface area contributed by atoms with Crippen LogP contribution in [-0.4, -0.2) is 51.3 Å². The number of aromatic hydroxyl groups is 1. The van der Waals surface area contributed by atoms with Gasteiger partial charge in [0.05, 0.1) is 21.1 Å². The minimum Gasteiger partial charge on any atom is -1.00 e. The summed E-state index contributed by atoms with van der Waals surface area (Å²) in [5.74, 6) is 0.356. The number of rotatable bonds is 2. The zero-order valence-electron chi connectivity index (χ0n) is 13.0. The summed E-state index contributed by atoms with van der Waals surface area (Å²) in [5, 5.41) is 18.8. The van der Waals surface area contributed by atoms with Gasteiger partial charge in [0, 0.05) is 25.7 Å². The minimum atomic E-state index is -1.16. The largest absolute Gasteiger partial charge is 1.00 e. The van der Waals surface area contributed by atoms with Crippen LogP contribution < -0.4 is 33.6 Å². The number of carboxylic acid groups (broad SMARTS) is 1. The molecule has 1 aromatic carbocycles. The van der Waals surface area contributed by atoms with E-state index < -0.39 is 6.09 Å². The van der Waals surface area contributed by atoms with Gasteiger partial charge in [-0.1, -0.05) is 6.92 Å². The van der Waals surface area contributed by atoms with Gasteiger partial charge in [-0.25, -0.2) is 0 Å². The summed E-state index contributed by atoms with van der Waals surface area (Å²) in [7, 11) is 9.22. The number of benzene rings is 1. The Morgan fingerprint density at radius 1 is 1.30 bits per heavy atom. The van der Waals surface area contributed by atoms with Crippen molar-refractivity contribution in [2.45, 2.75) is 13.3 Å². The van der Waals surface area contributed by atoms with Gasteiger partial charge in [-0.05, 0) is 18.6 Å². The lowest BCUT2D eigenvalue weighted by Crippen LogP contribution is -3.00. The van der Waals surface area contributed by atoms with E-state index in [0.717, 1.165) is 15.8 Å². The molecule has 0 spiro atoms. The molecule has 0 aromatic heterocycles. The molecular formula is C14H24IN2O3-. The number of phenols is 1. The van der Waals surface area contributed by atoms with Gasteiger partial charge in [-0.15, -0.1) is 0 Å². The molecule has 0 radical (unpaired) electrons. The first-order chi connectivity index (χ1) is 8.59. The predicted molar refractivity (Wildman–Crippen MR) is 76.1 cm³/mol. The van der Waals surface area contributed by atoms with Gasteiger partial charge in [-0.3, -0.25) is 4.48 Å². The number of quaternary nitrogens is 1. The van der Waals surface area contributed by atoms with Crippen LogP contribution in [0.25, 0.3) is 0 Å². The Labute approximate surface area is 138 Å². The Morgan fingerprint density at radius 2 is 1.75 bits per heavy atom. The maximum atomic E-state index is 9.51. The van der Waals surface area contributed by atoms with Crippen molar-refractivity contribution >= 4 is 11.8 Å². The third-order valence-electron chi connectivity index (χ3n) is 2.53. The van der Waals surface area contributed by atoms with Crippen molar-refractivity contribution in [3.8, 4) is 5.75 Å². The smallest absolute Gasteiger partial charge is 0.136 e. The van der Waals surface area contributed by atoms with E-state index in [2.05, 4.69) is 28.1 Å². The monoisotopic (exact) mass is 395 g/mol. The normalized spacial score (nSPS) is 9.90. The quantitative estimate of drug-likeness (QED) is 0.468. The lowest BCUT2D eigenvalue weighted by atomic mass is 10.1. The molecule has 0 fully saturated rings. The zero-order valence-corrected chi connectivity index (χ0v) is 15.1. The highest BCUT2D eigenvalue weighted by molar-refractivity contribution is 5.61. The summed E-state index contributed by atoms with van der Waals surface area (Å²) in [5.41, 5.74) is 2.48. The van der Waals surface area contributed by atoms with Crippen molar-refractivity contribution in [1.29, 1.82) is 0 Å². The molecule has 5 nitrogen and oxygen atoms in total. The molecule has 0 unspecified atom stereocenters. The first-order valence-corrected chi connectivity index (χ1v) is 6.11. The van der Waals surface area contributed by atoms with E-state index in [9.17, 15) is 15.0 Å². The maximum Gasteiger partial charge on any atom is 0.136 e. The maximum absolute atomic E-state index is 9.51. The molecule has 0 atom stereocenters. The molecule has 1 aromatic rings. The van der Waals surface area contributed by atoms with Crippen LogP contribution in [0.1, 0.15) is 12.5 Å². The van der Waals surface area contributed by atoms with Gasteiger partial charge in [0.1, 0.15) is 17.5 Å². The predicted octanol–water partition coefficient (Wildman–Crippen LogP) is -1.95. The SMILES string of the molecule is CCc1cc(O)ccc1[N+](C)(C)C.CN(C)C(=O)[O-].[I-]. The van der Waals surface area contributed by atoms with Gasteiger partial charge < -0.3 is 43.9 Å². The molecule has 0 heterocycles. The van der Waals surface area contributed by atoms with Crippen molar-refractivity contribution in [1.82, 2.24) is 9.38 Å². The molecule has 116 valence electrons. The molecule has 0 aliphatic heterocycles. The van der Waals surface area contributed by atoms with Crippen molar-refractivity contribution in [2.24, 2.45) is 0 Å². The molecule has 1 N–H and O–H groups in total. The van der Waals surface area contributed by atoms with E-state index in [-0.39, 0.29) is 24.0 Å². The highest BCUT2D eigenvalue weighted by Crippen LogP contribution is 2.26. The van der Waals surface area contributed by atoms with E-state index in [1.807, 2.05) is 12.1 Å². The fourth-order valence-electron chi connectivity index (χ4n) is 1.51. The van der Waals surface area contributed by atoms with Gasteiger partial charge in [0.25, 0.3) is 0 Å². The molecule has 1 rings (SSSR count). The van der Waals surface area contributed by atoms with Gasteiger partial charge >= 0.3 is 0 Å². The number of carbonyl (C=O) groups is 1. The first kappa shape index (κ1) is 21.3. The molecule has 0 saturated carbocycles. The number of amides is 1. The minimum absolute atomic E-state index is 0. The third-order valence-corrected chi connectivity index (χ3v) is 2.53. The Hall–Kier alpha value is -1.02. The summed E-state index contributed by atoms with van der Waals surface area (Å²) >= 11 is 0. The average molecular weight is 395 g/mol. The first-order valence-electron chi connectivity index (χ1n) is 6.11. The molecule has 0 aliphatic carbocycles. The summed E-state index contributed by atoms with van der Waals surface area (Å²) in [6.07, 6.45) is -0.200. The van der Waals surface area contributed by atoms with Crippen LogP contribution >= 0.6 is 0 Å². The Kier molecular flexibility index (Phi) is 9.59. The number of carbonyl (C=O) groups excluding carboxylic acids is 1. The third kappa shape index (κ3) is 7.54. The summed E-state index contributed by atoms with van der Waals surface area (Å²) in [6, 6.07) is 5.59. The van der Waals surface area contributed by atoms with Crippen LogP contribution in [0.4, 0.5) is 10.5 Å². The molecular weight excluding hydrogens is 371 g/mol. The number of phenolic OH excluding ortho intramolecular Hbond substituents is 1. The van der Waals surface area contributed by atoms with Crippen LogP contribution in [-0.2, 0) is 6.42 Å². The second kappa shape index (κ2) is 9.02. The van der Waals surface area contributed by atoms with Crippen LogP contribution in [0.15, 0.2) is 18.2 Å². The van der Waals surface area contributed by atoms with Crippen LogP contribution in [0.5, 0.6) is 5.75 Å². The summed E-state index contributed by atoms with van der Waals surface area (Å²) in [6.45, 7) is 2.11. The number of hydrogen-bond donors (Lipinski definition) is 1. The van der Waals surface area contributed by atoms with E-state index in [1.165, 1.54) is 25.3 Å². The van der Waals surface area contributed by atoms with E-state index in [4.69, 9.17) is 0 Å². The fraction of sp³-hybridized carbons (Fsp3) is 0.500. The average Bonchev–Trinajstić information content (AvgIpc) is 2.27. The number of halogens is 1. The Bertz CT molecular complexity index is 429. The van der Waals surface area contributed by atoms with Crippen molar-refractivity contribution in [3.05, 3.63) is 23.8 Å². The molecule has 1 amide bonds. The lowest BCUT2D eigenvalue weighted by molar-refractivity contribution is -0.262. The van der Waals surface area contributed by atoms with Crippen LogP contribution in [0, 0.1) is 0 Å². The highest BCUT2D eigenvalue weighted by Gasteiger charge is 2.16. The van der Waals surface area contributed by atoms with Gasteiger partial charge in [0.2, 0.25) is 0 Å². The topological polar surface area (TPSA) is 63.6 Å². The number of aryl methyl sites for hydroxylation is 1. The van der Waals surface area contributed by atoms with Crippen LogP contribution in [0.3, 0.4) is 0 Å². The number of nitrogens with zero attached hydrogens (tertiary/aromatic N) is 2. The van der Waals surface area contributed by atoms with Crippen molar-refractivity contribution in [2.75, 3.05) is 35.2 Å². The Balaban J connectivity index is 0. The summed E-state index contributed by atoms with van der Waals surface area (Å²) < 4.78 is 0.795. The van der Waals surface area contributed by atoms with Crippen molar-refractivity contribution < 1.29 is 39.0 Å². The van der Waals surface area contributed by atoms with E-state index in [0.29, 0.717) is 5.75 Å². The molecule has 0 aliphatic rings. The second-order valence-corrected chi connectivity index (χ2v) is 5.34. The standard InChI is InChI=1S/C11H17NO.C3H7NO2.HI/c1-5-9-8-10(13)6-7-11(9)12(2,3)4;1-4(2)3(5)6;/h6-8H,5H2,1-4H3;1-2H3,(H,5,6);1H/p-1. The van der Waals surface area contributed by atoms with Gasteiger partial charge in [-0.2, -0.15) is 0 Å². The molecule has 6 heteroatoms. The molecule has 0 saturated heterocycles. The second-order valence-electron chi connectivity index (χ2n) is 5.34. The lowest BCUT2D eigenvalue weighted by Gasteiger charge is -2.25.